The molecule has 0 aliphatic rings. The van der Waals surface area contributed by atoms with Gasteiger partial charge in [-0.05, 0) is 37.5 Å². The van der Waals surface area contributed by atoms with E-state index in [2.05, 4.69) is 19.2 Å². The predicted octanol–water partition coefficient (Wildman–Crippen LogP) is 3.22. The third-order valence-corrected chi connectivity index (χ3v) is 2.94. The van der Waals surface area contributed by atoms with Crippen molar-refractivity contribution < 1.29 is 4.79 Å². The van der Waals surface area contributed by atoms with Gasteiger partial charge >= 0.3 is 6.03 Å². The maximum absolute atomic E-state index is 12.1. The van der Waals surface area contributed by atoms with Crippen molar-refractivity contribution in [3.8, 4) is 0 Å². The lowest BCUT2D eigenvalue weighted by atomic mass is 10.1. The lowest BCUT2D eigenvalue weighted by Gasteiger charge is -2.23. The Hall–Kier alpha value is -1.55. The first-order valence-electron chi connectivity index (χ1n) is 6.85. The van der Waals surface area contributed by atoms with Crippen molar-refractivity contribution in [3.63, 3.8) is 0 Å². The topological polar surface area (TPSA) is 58.4 Å². The normalized spacial score (nSPS) is 12.3. The fourth-order valence-corrected chi connectivity index (χ4v) is 1.87. The summed E-state index contributed by atoms with van der Waals surface area (Å²) < 4.78 is 0. The molecule has 0 fully saturated rings. The molecule has 1 unspecified atom stereocenters. The number of hydrogen-bond acceptors (Lipinski definition) is 2. The molecule has 1 aromatic rings. The molecule has 1 rings (SSSR count). The second-order valence-corrected chi connectivity index (χ2v) is 5.27. The molecule has 0 radical (unpaired) electrons. The molecule has 106 valence electrons. The molecule has 4 heteroatoms. The maximum atomic E-state index is 12.1. The Morgan fingerprint density at radius 2 is 1.84 bits per heavy atom. The van der Waals surface area contributed by atoms with Crippen LogP contribution in [0.5, 0.6) is 0 Å². The number of amides is 2. The molecule has 3 N–H and O–H groups in total. The fourth-order valence-electron chi connectivity index (χ4n) is 1.87. The molecule has 0 aromatic heterocycles. The minimum absolute atomic E-state index is 0.0119. The van der Waals surface area contributed by atoms with Crippen LogP contribution >= 0.6 is 0 Å². The van der Waals surface area contributed by atoms with Crippen LogP contribution in [0.3, 0.4) is 0 Å². The first-order chi connectivity index (χ1) is 8.93. The number of nitrogens with zero attached hydrogens (tertiary/aromatic N) is 1. The van der Waals surface area contributed by atoms with Crippen LogP contribution in [0.1, 0.15) is 39.3 Å². The Kier molecular flexibility index (Phi) is 5.83. The summed E-state index contributed by atoms with van der Waals surface area (Å²) in [5, 5.41) is 2.91. The summed E-state index contributed by atoms with van der Waals surface area (Å²) in [6, 6.07) is 7.63. The van der Waals surface area contributed by atoms with E-state index in [4.69, 9.17) is 5.73 Å². The number of rotatable bonds is 5. The number of anilines is 1. The Labute approximate surface area is 116 Å². The van der Waals surface area contributed by atoms with Gasteiger partial charge in [0.15, 0.2) is 0 Å². The van der Waals surface area contributed by atoms with Gasteiger partial charge in [-0.3, -0.25) is 0 Å². The lowest BCUT2D eigenvalue weighted by molar-refractivity contribution is 0.208. The van der Waals surface area contributed by atoms with Crippen LogP contribution in [0.4, 0.5) is 10.5 Å². The smallest absolute Gasteiger partial charge is 0.321 e. The summed E-state index contributed by atoms with van der Waals surface area (Å²) in [5.74, 6) is 0.464. The van der Waals surface area contributed by atoms with Crippen molar-refractivity contribution in [1.82, 2.24) is 4.90 Å². The minimum Gasteiger partial charge on any atom is -0.325 e. The average Bonchev–Trinajstić information content (AvgIpc) is 2.36. The molecule has 19 heavy (non-hydrogen) atoms. The van der Waals surface area contributed by atoms with Gasteiger partial charge in [0.2, 0.25) is 0 Å². The third kappa shape index (κ3) is 4.91. The lowest BCUT2D eigenvalue weighted by Crippen LogP contribution is -2.37. The van der Waals surface area contributed by atoms with E-state index in [1.807, 2.05) is 43.0 Å². The van der Waals surface area contributed by atoms with Gasteiger partial charge in [0.05, 0.1) is 0 Å². The van der Waals surface area contributed by atoms with Gasteiger partial charge in [0.1, 0.15) is 0 Å². The Morgan fingerprint density at radius 3 is 2.26 bits per heavy atom. The first kappa shape index (κ1) is 15.5. The van der Waals surface area contributed by atoms with Crippen molar-refractivity contribution in [2.75, 3.05) is 18.4 Å². The zero-order valence-electron chi connectivity index (χ0n) is 12.3. The van der Waals surface area contributed by atoms with Gasteiger partial charge < -0.3 is 16.0 Å². The second kappa shape index (κ2) is 7.14. The molecule has 1 aromatic carbocycles. The van der Waals surface area contributed by atoms with Crippen LogP contribution in [-0.2, 0) is 0 Å². The highest BCUT2D eigenvalue weighted by molar-refractivity contribution is 5.89. The van der Waals surface area contributed by atoms with Gasteiger partial charge in [-0.2, -0.15) is 0 Å². The molecular weight excluding hydrogens is 238 g/mol. The van der Waals surface area contributed by atoms with Gasteiger partial charge in [-0.15, -0.1) is 0 Å². The zero-order valence-corrected chi connectivity index (χ0v) is 12.3. The number of carbonyl (C=O) groups excluding carboxylic acids is 1. The van der Waals surface area contributed by atoms with E-state index < -0.39 is 0 Å². The number of carbonyl (C=O) groups is 1. The van der Waals surface area contributed by atoms with E-state index in [0.717, 1.165) is 17.8 Å². The highest BCUT2D eigenvalue weighted by atomic mass is 16.2. The Bertz CT molecular complexity index is 398. The molecular formula is C15H25N3O. The van der Waals surface area contributed by atoms with E-state index in [9.17, 15) is 4.79 Å². The van der Waals surface area contributed by atoms with Crippen molar-refractivity contribution >= 4 is 11.7 Å². The standard InChI is InChI=1S/C15H25N3O/c1-5-18(10-11(2)3)15(19)17-14-8-6-13(7-9-14)12(4)16/h6-9,11-12H,5,10,16H2,1-4H3,(H,17,19). The van der Waals surface area contributed by atoms with Gasteiger partial charge in [0, 0.05) is 24.8 Å². The van der Waals surface area contributed by atoms with Crippen LogP contribution in [-0.4, -0.2) is 24.0 Å². The second-order valence-electron chi connectivity index (χ2n) is 5.27. The summed E-state index contributed by atoms with van der Waals surface area (Å²) in [4.78, 5) is 13.9. The number of nitrogens with two attached hydrogens (primary N) is 1. The summed E-state index contributed by atoms with van der Waals surface area (Å²) in [6.07, 6.45) is 0. The van der Waals surface area contributed by atoms with Crippen LogP contribution in [0.25, 0.3) is 0 Å². The molecule has 0 aliphatic carbocycles. The Balaban J connectivity index is 2.65. The van der Waals surface area contributed by atoms with Crippen molar-refractivity contribution in [1.29, 1.82) is 0 Å². The van der Waals surface area contributed by atoms with E-state index in [-0.39, 0.29) is 12.1 Å². The number of hydrogen-bond donors (Lipinski definition) is 2. The molecule has 0 aliphatic heterocycles. The maximum Gasteiger partial charge on any atom is 0.321 e. The first-order valence-corrected chi connectivity index (χ1v) is 6.85. The van der Waals surface area contributed by atoms with Crippen LogP contribution in [0, 0.1) is 5.92 Å². The monoisotopic (exact) mass is 263 g/mol. The SMILES string of the molecule is CCN(CC(C)C)C(=O)Nc1ccc(C(C)N)cc1. The van der Waals surface area contributed by atoms with Gasteiger partial charge in [0.25, 0.3) is 0 Å². The fraction of sp³-hybridized carbons (Fsp3) is 0.533. The van der Waals surface area contributed by atoms with E-state index in [1.54, 1.807) is 0 Å². The summed E-state index contributed by atoms with van der Waals surface area (Å²) in [6.45, 7) is 9.61. The molecule has 0 saturated carbocycles. The van der Waals surface area contributed by atoms with Crippen LogP contribution in [0.15, 0.2) is 24.3 Å². The van der Waals surface area contributed by atoms with Gasteiger partial charge in [-0.25, -0.2) is 4.79 Å². The van der Waals surface area contributed by atoms with E-state index in [0.29, 0.717) is 12.5 Å². The van der Waals surface area contributed by atoms with Crippen LogP contribution < -0.4 is 11.1 Å². The molecule has 0 heterocycles. The molecule has 1 atom stereocenters. The van der Waals surface area contributed by atoms with E-state index >= 15 is 0 Å². The molecule has 4 nitrogen and oxygen atoms in total. The summed E-state index contributed by atoms with van der Waals surface area (Å²) >= 11 is 0. The quantitative estimate of drug-likeness (QED) is 0.857. The number of nitrogens with one attached hydrogen (secondary N) is 1. The molecule has 2 amide bonds. The van der Waals surface area contributed by atoms with Crippen molar-refractivity contribution in [2.45, 2.75) is 33.7 Å². The highest BCUT2D eigenvalue weighted by Crippen LogP contribution is 2.14. The highest BCUT2D eigenvalue weighted by Gasteiger charge is 2.12. The number of urea groups is 1. The van der Waals surface area contributed by atoms with E-state index in [1.165, 1.54) is 0 Å². The largest absolute Gasteiger partial charge is 0.325 e. The molecule has 0 spiro atoms. The summed E-state index contributed by atoms with van der Waals surface area (Å²) in [5.41, 5.74) is 7.66. The minimum atomic E-state index is -0.0512. The third-order valence-electron chi connectivity index (χ3n) is 2.94. The molecule has 0 saturated heterocycles. The zero-order chi connectivity index (χ0) is 14.4. The number of benzene rings is 1. The van der Waals surface area contributed by atoms with Gasteiger partial charge in [-0.1, -0.05) is 26.0 Å². The predicted molar refractivity (Wildman–Crippen MR) is 80.1 cm³/mol. The van der Waals surface area contributed by atoms with Crippen molar-refractivity contribution in [3.05, 3.63) is 29.8 Å². The van der Waals surface area contributed by atoms with Crippen LogP contribution in [0.2, 0.25) is 0 Å². The average molecular weight is 263 g/mol. The molecule has 0 bridgehead atoms. The summed E-state index contributed by atoms with van der Waals surface area (Å²) in [7, 11) is 0. The van der Waals surface area contributed by atoms with Crippen molar-refractivity contribution in [2.24, 2.45) is 11.7 Å². The Morgan fingerprint density at radius 1 is 1.26 bits per heavy atom.